The Hall–Kier alpha value is -2.44. The number of aromatic amines is 1. The van der Waals surface area contributed by atoms with E-state index in [0.717, 1.165) is 0 Å². The van der Waals surface area contributed by atoms with Crippen molar-refractivity contribution in [3.8, 4) is 5.88 Å². The number of H-pyrrole nitrogens is 1. The van der Waals surface area contributed by atoms with E-state index in [4.69, 9.17) is 4.74 Å². The second-order valence-corrected chi connectivity index (χ2v) is 4.44. The van der Waals surface area contributed by atoms with Gasteiger partial charge in [-0.3, -0.25) is 9.89 Å². The molecular weight excluding hydrogens is 258 g/mol. The monoisotopic (exact) mass is 275 g/mol. The maximum atomic E-state index is 12.0. The third kappa shape index (κ3) is 3.31. The average Bonchev–Trinajstić information content (AvgIpc) is 2.89. The van der Waals surface area contributed by atoms with Gasteiger partial charge < -0.3 is 10.1 Å². The molecule has 20 heavy (non-hydrogen) atoms. The number of aryl methyl sites for hydroxylation is 1. The van der Waals surface area contributed by atoms with Gasteiger partial charge in [-0.05, 0) is 26.0 Å². The molecule has 106 valence electrons. The maximum Gasteiger partial charge on any atom is 0.295 e. The molecule has 2 heterocycles. The van der Waals surface area contributed by atoms with E-state index in [1.807, 2.05) is 20.8 Å². The van der Waals surface area contributed by atoms with Crippen molar-refractivity contribution in [1.29, 1.82) is 0 Å². The van der Waals surface area contributed by atoms with E-state index >= 15 is 0 Å². The van der Waals surface area contributed by atoms with Gasteiger partial charge in [-0.1, -0.05) is 6.92 Å². The summed E-state index contributed by atoms with van der Waals surface area (Å²) in [4.78, 5) is 20.2. The number of nitrogens with one attached hydrogen (secondary N) is 2. The zero-order chi connectivity index (χ0) is 14.5. The van der Waals surface area contributed by atoms with Gasteiger partial charge in [0, 0.05) is 12.6 Å². The number of aromatic nitrogens is 4. The number of rotatable bonds is 5. The molecule has 2 N–H and O–H groups in total. The van der Waals surface area contributed by atoms with Crippen LogP contribution in [0.5, 0.6) is 5.88 Å². The fourth-order valence-electron chi connectivity index (χ4n) is 1.54. The number of carbonyl (C=O) groups excluding carboxylic acids is 1. The summed E-state index contributed by atoms with van der Waals surface area (Å²) in [6.07, 6.45) is 2.26. The molecule has 0 aromatic carbocycles. The van der Waals surface area contributed by atoms with Gasteiger partial charge in [-0.25, -0.2) is 9.97 Å². The van der Waals surface area contributed by atoms with Crippen LogP contribution in [0.25, 0.3) is 0 Å². The van der Waals surface area contributed by atoms with E-state index in [-0.39, 0.29) is 11.9 Å². The van der Waals surface area contributed by atoms with E-state index in [0.29, 0.717) is 23.8 Å². The second-order valence-electron chi connectivity index (χ2n) is 4.44. The number of amides is 1. The summed E-state index contributed by atoms with van der Waals surface area (Å²) in [5.41, 5.74) is 0.494. The van der Waals surface area contributed by atoms with E-state index in [1.165, 1.54) is 0 Å². The van der Waals surface area contributed by atoms with Crippen LogP contribution in [-0.4, -0.2) is 32.2 Å². The molecule has 7 heteroatoms. The molecule has 0 spiro atoms. The number of pyridine rings is 1. The van der Waals surface area contributed by atoms with Gasteiger partial charge in [-0.2, -0.15) is 0 Å². The molecule has 0 aliphatic rings. The number of anilines is 1. The molecule has 0 saturated heterocycles. The van der Waals surface area contributed by atoms with Crippen molar-refractivity contribution in [3.05, 3.63) is 30.0 Å². The Kier molecular flexibility index (Phi) is 4.29. The minimum Gasteiger partial charge on any atom is -0.473 e. The Balaban J connectivity index is 2.15. The van der Waals surface area contributed by atoms with Crippen molar-refractivity contribution in [1.82, 2.24) is 20.2 Å². The molecule has 0 unspecified atom stereocenters. The highest BCUT2D eigenvalue weighted by Gasteiger charge is 2.15. The third-order valence-corrected chi connectivity index (χ3v) is 2.44. The van der Waals surface area contributed by atoms with Crippen molar-refractivity contribution < 1.29 is 9.53 Å². The highest BCUT2D eigenvalue weighted by Crippen LogP contribution is 2.22. The minimum absolute atomic E-state index is 0.0317. The summed E-state index contributed by atoms with van der Waals surface area (Å²) in [5.74, 6) is 0.742. The highest BCUT2D eigenvalue weighted by molar-refractivity contribution is 6.02. The first-order valence-corrected chi connectivity index (χ1v) is 6.44. The summed E-state index contributed by atoms with van der Waals surface area (Å²) >= 11 is 0. The lowest BCUT2D eigenvalue weighted by Crippen LogP contribution is -2.16. The van der Waals surface area contributed by atoms with Crippen molar-refractivity contribution in [3.63, 3.8) is 0 Å². The third-order valence-electron chi connectivity index (χ3n) is 2.44. The van der Waals surface area contributed by atoms with E-state index in [1.54, 1.807) is 18.3 Å². The van der Waals surface area contributed by atoms with Crippen LogP contribution < -0.4 is 10.1 Å². The van der Waals surface area contributed by atoms with Gasteiger partial charge in [0.1, 0.15) is 11.5 Å². The van der Waals surface area contributed by atoms with Crippen LogP contribution in [0.1, 0.15) is 37.2 Å². The topological polar surface area (TPSA) is 92.8 Å². The van der Waals surface area contributed by atoms with E-state index in [2.05, 4.69) is 25.5 Å². The molecule has 0 fully saturated rings. The Morgan fingerprint density at radius 3 is 2.95 bits per heavy atom. The molecule has 0 saturated carbocycles. The van der Waals surface area contributed by atoms with Gasteiger partial charge in [0.15, 0.2) is 0 Å². The Labute approximate surface area is 116 Å². The van der Waals surface area contributed by atoms with Crippen LogP contribution in [0.3, 0.4) is 0 Å². The quantitative estimate of drug-likeness (QED) is 0.868. The van der Waals surface area contributed by atoms with Crippen molar-refractivity contribution >= 4 is 11.6 Å². The van der Waals surface area contributed by atoms with Crippen LogP contribution in [0, 0.1) is 0 Å². The number of nitrogens with zero attached hydrogens (tertiary/aromatic N) is 3. The molecule has 1 amide bonds. The first-order valence-electron chi connectivity index (χ1n) is 6.44. The fraction of sp³-hybridized carbons (Fsp3) is 0.385. The fourth-order valence-corrected chi connectivity index (χ4v) is 1.54. The van der Waals surface area contributed by atoms with Crippen LogP contribution in [0.15, 0.2) is 18.3 Å². The lowest BCUT2D eigenvalue weighted by molar-refractivity contribution is 0.101. The lowest BCUT2D eigenvalue weighted by Gasteiger charge is -2.12. The van der Waals surface area contributed by atoms with Crippen molar-refractivity contribution in [2.45, 2.75) is 33.3 Å². The number of carbonyl (C=O) groups is 1. The van der Waals surface area contributed by atoms with Crippen molar-refractivity contribution in [2.24, 2.45) is 0 Å². The van der Waals surface area contributed by atoms with E-state index in [9.17, 15) is 4.79 Å². The SMILES string of the molecule is CCc1nc(C(=O)Nc2cccnc2OC(C)C)n[nH]1. The number of hydrogen-bond donors (Lipinski definition) is 2. The summed E-state index contributed by atoms with van der Waals surface area (Å²) in [5, 5.41) is 9.26. The highest BCUT2D eigenvalue weighted by atomic mass is 16.5. The normalized spacial score (nSPS) is 10.6. The zero-order valence-electron chi connectivity index (χ0n) is 11.7. The predicted molar refractivity (Wildman–Crippen MR) is 73.7 cm³/mol. The molecule has 0 aliphatic heterocycles. The molecule has 0 bridgehead atoms. The average molecular weight is 275 g/mol. The summed E-state index contributed by atoms with van der Waals surface area (Å²) in [6, 6.07) is 3.44. The van der Waals surface area contributed by atoms with Crippen LogP contribution in [-0.2, 0) is 6.42 Å². The lowest BCUT2D eigenvalue weighted by atomic mass is 10.3. The molecule has 0 atom stereocenters. The molecule has 2 rings (SSSR count). The molecular formula is C13H17N5O2. The summed E-state index contributed by atoms with van der Waals surface area (Å²) in [7, 11) is 0. The number of hydrogen-bond acceptors (Lipinski definition) is 5. The first-order chi connectivity index (χ1) is 9.60. The minimum atomic E-state index is -0.400. The smallest absolute Gasteiger partial charge is 0.295 e. The van der Waals surface area contributed by atoms with Crippen LogP contribution in [0.4, 0.5) is 5.69 Å². The van der Waals surface area contributed by atoms with Gasteiger partial charge in [0.2, 0.25) is 11.7 Å². The Bertz CT molecular complexity index is 594. The maximum absolute atomic E-state index is 12.0. The second kappa shape index (κ2) is 6.14. The van der Waals surface area contributed by atoms with Crippen molar-refractivity contribution in [2.75, 3.05) is 5.32 Å². The van der Waals surface area contributed by atoms with Gasteiger partial charge in [0.05, 0.1) is 6.10 Å². The Morgan fingerprint density at radius 2 is 2.30 bits per heavy atom. The molecule has 0 aliphatic carbocycles. The van der Waals surface area contributed by atoms with Crippen LogP contribution in [0.2, 0.25) is 0 Å². The molecule has 0 radical (unpaired) electrons. The van der Waals surface area contributed by atoms with Gasteiger partial charge in [-0.15, -0.1) is 5.10 Å². The molecule has 2 aromatic heterocycles. The van der Waals surface area contributed by atoms with Crippen LogP contribution >= 0.6 is 0 Å². The zero-order valence-corrected chi connectivity index (χ0v) is 11.7. The van der Waals surface area contributed by atoms with E-state index < -0.39 is 5.91 Å². The predicted octanol–water partition coefficient (Wildman–Crippen LogP) is 1.80. The summed E-state index contributed by atoms with van der Waals surface area (Å²) < 4.78 is 5.53. The molecule has 2 aromatic rings. The summed E-state index contributed by atoms with van der Waals surface area (Å²) in [6.45, 7) is 5.71. The van der Waals surface area contributed by atoms with Gasteiger partial charge >= 0.3 is 0 Å². The largest absolute Gasteiger partial charge is 0.473 e. The standard InChI is InChI=1S/C13H17N5O2/c1-4-10-16-11(18-17-10)12(19)15-9-6-5-7-14-13(9)20-8(2)3/h5-8H,4H2,1-3H3,(H,15,19)(H,16,17,18). The van der Waals surface area contributed by atoms with Gasteiger partial charge in [0.25, 0.3) is 5.91 Å². The first kappa shape index (κ1) is 14.0. The Morgan fingerprint density at radius 1 is 1.50 bits per heavy atom. The molecule has 7 nitrogen and oxygen atoms in total. The number of ether oxygens (including phenoxy) is 1.